The van der Waals surface area contributed by atoms with Gasteiger partial charge in [0.05, 0.1) is 50.8 Å². The zero-order valence-corrected chi connectivity index (χ0v) is 34.8. The molecule has 0 bridgehead atoms. The smallest absolute Gasteiger partial charge is 0.308 e. The maximum atomic E-state index is 13.5. The van der Waals surface area contributed by atoms with E-state index in [1.54, 1.807) is 0 Å². The molecule has 6 rings (SSSR count). The lowest BCUT2D eigenvalue weighted by Crippen LogP contribution is -2.46. The lowest BCUT2D eigenvalue weighted by atomic mass is 9.73. The molecule has 0 aromatic carbocycles. The van der Waals surface area contributed by atoms with Crippen molar-refractivity contribution in [2.45, 2.75) is 173 Å². The van der Waals surface area contributed by atoms with Crippen LogP contribution in [0.2, 0.25) is 0 Å². The Hall–Kier alpha value is -1.83. The van der Waals surface area contributed by atoms with E-state index in [1.807, 2.05) is 0 Å². The topological polar surface area (TPSA) is 162 Å². The summed E-state index contributed by atoms with van der Waals surface area (Å²) >= 11 is 0. The SMILES string of the molecule is O=C(OCC1CCCCC1)C1CCC(COO)C(CONC2CCC(CC3CCC(NC(=O)C4CC(COOCC5CCCCC5)CCC4C(=O)O)CC3)CC2)C1. The number of carboxylic acids is 1. The molecule has 6 atom stereocenters. The Bertz CT molecular complexity index is 1190. The van der Waals surface area contributed by atoms with Gasteiger partial charge in [-0.3, -0.25) is 19.6 Å². The number of nitrogens with one attached hydrogen (secondary N) is 2. The summed E-state index contributed by atoms with van der Waals surface area (Å²) in [4.78, 5) is 60.4. The minimum atomic E-state index is -0.869. The van der Waals surface area contributed by atoms with Gasteiger partial charge in [-0.25, -0.2) is 14.7 Å². The summed E-state index contributed by atoms with van der Waals surface area (Å²) < 4.78 is 5.79. The Kier molecular flexibility index (Phi) is 18.7. The maximum absolute atomic E-state index is 13.5. The minimum absolute atomic E-state index is 0.0719. The second-order valence-electron chi connectivity index (χ2n) is 19.4. The molecule has 0 aliphatic heterocycles. The van der Waals surface area contributed by atoms with Gasteiger partial charge in [-0.2, -0.15) is 5.48 Å². The van der Waals surface area contributed by atoms with E-state index < -0.39 is 17.8 Å². The van der Waals surface area contributed by atoms with Crippen LogP contribution < -0.4 is 10.8 Å². The largest absolute Gasteiger partial charge is 0.481 e. The van der Waals surface area contributed by atoms with Gasteiger partial charge in [0.1, 0.15) is 0 Å². The average molecular weight is 805 g/mol. The second kappa shape index (κ2) is 23.8. The highest BCUT2D eigenvalue weighted by molar-refractivity contribution is 5.85. The van der Waals surface area contributed by atoms with Crippen LogP contribution >= 0.6 is 0 Å². The second-order valence-corrected chi connectivity index (χ2v) is 19.4. The molecule has 1 amide bonds. The molecule has 6 fully saturated rings. The number of ether oxygens (including phenoxy) is 1. The van der Waals surface area contributed by atoms with Crippen molar-refractivity contribution >= 4 is 17.8 Å². The Morgan fingerprint density at radius 3 is 1.75 bits per heavy atom. The summed E-state index contributed by atoms with van der Waals surface area (Å²) in [6, 6.07) is 0.431. The van der Waals surface area contributed by atoms with E-state index >= 15 is 0 Å². The van der Waals surface area contributed by atoms with Crippen molar-refractivity contribution in [3.8, 4) is 0 Å². The summed E-state index contributed by atoms with van der Waals surface area (Å²) in [6.45, 7) is 2.34. The highest BCUT2D eigenvalue weighted by Gasteiger charge is 2.41. The predicted octanol–water partition coefficient (Wildman–Crippen LogP) is 8.42. The molecule has 326 valence electrons. The van der Waals surface area contributed by atoms with Crippen LogP contribution in [0.5, 0.6) is 0 Å². The van der Waals surface area contributed by atoms with Crippen LogP contribution in [-0.2, 0) is 38.6 Å². The number of amides is 1. The Labute approximate surface area is 341 Å². The molecule has 6 saturated carbocycles. The quantitative estimate of drug-likeness (QED) is 0.0429. The molecule has 0 aromatic heterocycles. The van der Waals surface area contributed by atoms with Crippen LogP contribution in [0.15, 0.2) is 0 Å². The first kappa shape index (κ1) is 44.7. The first-order chi connectivity index (χ1) is 27.8. The van der Waals surface area contributed by atoms with E-state index in [1.165, 1.54) is 70.6 Å². The summed E-state index contributed by atoms with van der Waals surface area (Å²) in [5.74, 6) is 0.533. The molecule has 0 saturated heterocycles. The van der Waals surface area contributed by atoms with Crippen LogP contribution in [0.3, 0.4) is 0 Å². The molecule has 6 unspecified atom stereocenters. The Morgan fingerprint density at radius 2 is 1.12 bits per heavy atom. The van der Waals surface area contributed by atoms with E-state index in [4.69, 9.17) is 19.3 Å². The number of hydroxylamine groups is 1. The standard InChI is InChI=1S/C45H76N2O10/c48-43(42-24-35(15-22-41(42)44(49)50)28-57-56-27-34-9-5-2-6-10-34)46-39-18-11-31(12-19-39)23-32-13-20-40(21-14-32)47-54-29-38-25-36(16-17-37(38)30-55-52)45(51)53-26-33-7-3-1-4-8-33/h31-42,47,52H,1-30H2,(H,46,48)(H,49,50). The zero-order valence-electron chi connectivity index (χ0n) is 34.8. The number of carboxylic acid groups (broad SMARTS) is 1. The molecule has 0 heterocycles. The summed E-state index contributed by atoms with van der Waals surface area (Å²) in [7, 11) is 0. The van der Waals surface area contributed by atoms with E-state index in [9.17, 15) is 24.7 Å². The van der Waals surface area contributed by atoms with Gasteiger partial charge in [0.2, 0.25) is 5.91 Å². The van der Waals surface area contributed by atoms with Gasteiger partial charge in [-0.15, -0.1) is 0 Å². The van der Waals surface area contributed by atoms with Gasteiger partial charge in [0.15, 0.2) is 0 Å². The Morgan fingerprint density at radius 1 is 0.526 bits per heavy atom. The lowest BCUT2D eigenvalue weighted by Gasteiger charge is -2.37. The van der Waals surface area contributed by atoms with Gasteiger partial charge in [0, 0.05) is 12.1 Å². The third-order valence-electron chi connectivity index (χ3n) is 15.2. The van der Waals surface area contributed by atoms with Gasteiger partial charge in [0.25, 0.3) is 0 Å². The van der Waals surface area contributed by atoms with Crippen LogP contribution in [0.4, 0.5) is 0 Å². The van der Waals surface area contributed by atoms with E-state index in [0.29, 0.717) is 75.4 Å². The minimum Gasteiger partial charge on any atom is -0.481 e. The number of rotatable bonds is 19. The van der Waals surface area contributed by atoms with Crippen LogP contribution in [0.25, 0.3) is 0 Å². The predicted molar refractivity (Wildman–Crippen MR) is 214 cm³/mol. The van der Waals surface area contributed by atoms with Gasteiger partial charge >= 0.3 is 11.9 Å². The Balaban J connectivity index is 0.840. The molecule has 12 heteroatoms. The molecule has 4 N–H and O–H groups in total. The maximum Gasteiger partial charge on any atom is 0.308 e. The van der Waals surface area contributed by atoms with Crippen LogP contribution in [-0.4, -0.2) is 73.3 Å². The lowest BCUT2D eigenvalue weighted by molar-refractivity contribution is -0.310. The summed E-state index contributed by atoms with van der Waals surface area (Å²) in [5.41, 5.74) is 3.35. The average Bonchev–Trinajstić information content (AvgIpc) is 3.24. The number of carbonyl (C=O) groups is 3. The number of esters is 1. The van der Waals surface area contributed by atoms with Crippen molar-refractivity contribution in [1.29, 1.82) is 0 Å². The third-order valence-corrected chi connectivity index (χ3v) is 15.2. The molecule has 0 aromatic rings. The van der Waals surface area contributed by atoms with Crippen LogP contribution in [0, 0.1) is 59.2 Å². The number of hydrogen-bond acceptors (Lipinski definition) is 10. The fourth-order valence-electron chi connectivity index (χ4n) is 11.5. The first-order valence-electron chi connectivity index (χ1n) is 23.4. The van der Waals surface area contributed by atoms with Gasteiger partial charge < -0.3 is 20.0 Å². The molecular formula is C45H76N2O10. The van der Waals surface area contributed by atoms with Crippen molar-refractivity contribution in [3.63, 3.8) is 0 Å². The summed E-state index contributed by atoms with van der Waals surface area (Å²) in [5, 5.41) is 22.4. The molecule has 6 aliphatic carbocycles. The van der Waals surface area contributed by atoms with Gasteiger partial charge in [-0.05, 0) is 163 Å². The van der Waals surface area contributed by atoms with Gasteiger partial charge in [-0.1, -0.05) is 38.5 Å². The van der Waals surface area contributed by atoms with Crippen molar-refractivity contribution in [1.82, 2.24) is 10.8 Å². The van der Waals surface area contributed by atoms with Crippen molar-refractivity contribution < 1.29 is 49.0 Å². The van der Waals surface area contributed by atoms with Crippen molar-refractivity contribution in [3.05, 3.63) is 0 Å². The molecule has 0 radical (unpaired) electrons. The fraction of sp³-hybridized carbons (Fsp3) is 0.933. The highest BCUT2D eigenvalue weighted by atomic mass is 17.2. The third kappa shape index (κ3) is 14.4. The van der Waals surface area contributed by atoms with E-state index in [-0.39, 0.29) is 48.2 Å². The van der Waals surface area contributed by atoms with Crippen LogP contribution in [0.1, 0.15) is 161 Å². The molecule has 12 nitrogen and oxygen atoms in total. The zero-order chi connectivity index (χ0) is 39.8. The molecule has 6 aliphatic rings. The number of carbonyl (C=O) groups excluding carboxylic acids is 2. The summed E-state index contributed by atoms with van der Waals surface area (Å²) in [6.07, 6.45) is 26.2. The molecular weight excluding hydrogens is 728 g/mol. The molecule has 57 heavy (non-hydrogen) atoms. The monoisotopic (exact) mass is 805 g/mol. The van der Waals surface area contributed by atoms with Crippen molar-refractivity contribution in [2.75, 3.05) is 33.0 Å². The van der Waals surface area contributed by atoms with E-state index in [0.717, 1.165) is 70.6 Å². The van der Waals surface area contributed by atoms with Crippen molar-refractivity contribution in [2.24, 2.45) is 59.2 Å². The normalized spacial score (nSPS) is 34.7. The highest BCUT2D eigenvalue weighted by Crippen LogP contribution is 2.39. The first-order valence-corrected chi connectivity index (χ1v) is 23.4. The van der Waals surface area contributed by atoms with E-state index in [2.05, 4.69) is 15.7 Å². The molecule has 0 spiro atoms. The number of aliphatic carboxylic acids is 1. The number of hydrogen-bond donors (Lipinski definition) is 4. The fourth-order valence-corrected chi connectivity index (χ4v) is 11.5.